The van der Waals surface area contributed by atoms with Gasteiger partial charge in [0.1, 0.15) is 5.75 Å². The first-order valence-electron chi connectivity index (χ1n) is 8.53. The fraction of sp³-hybridized carbons (Fsp3) is 0.250. The van der Waals surface area contributed by atoms with Crippen molar-refractivity contribution in [2.45, 2.75) is 6.54 Å². The molecule has 27 heavy (non-hydrogen) atoms. The van der Waals surface area contributed by atoms with Crippen LogP contribution in [0.25, 0.3) is 0 Å². The van der Waals surface area contributed by atoms with Gasteiger partial charge in [0.15, 0.2) is 0 Å². The fourth-order valence-corrected chi connectivity index (χ4v) is 3.60. The predicted octanol–water partition coefficient (Wildman–Crippen LogP) is 2.34. The molecular formula is C20H20N2O4S. The highest BCUT2D eigenvalue weighted by Gasteiger charge is 2.34. The Balaban J connectivity index is 1.41. The number of ether oxygens (including phenoxy) is 1. The molecule has 0 aromatic heterocycles. The van der Waals surface area contributed by atoms with Gasteiger partial charge < -0.3 is 10.1 Å². The zero-order valence-electron chi connectivity index (χ0n) is 14.9. The zero-order valence-corrected chi connectivity index (χ0v) is 15.8. The molecule has 1 heterocycles. The summed E-state index contributed by atoms with van der Waals surface area (Å²) in [4.78, 5) is 37.8. The Hall–Kier alpha value is -2.80. The van der Waals surface area contributed by atoms with Crippen LogP contribution in [0.15, 0.2) is 48.5 Å². The highest BCUT2D eigenvalue weighted by Crippen LogP contribution is 2.22. The summed E-state index contributed by atoms with van der Waals surface area (Å²) in [5, 5.41) is 2.85. The summed E-state index contributed by atoms with van der Waals surface area (Å²) in [6, 6.07) is 14.3. The maximum absolute atomic E-state index is 12.3. The van der Waals surface area contributed by atoms with Crippen LogP contribution in [0.1, 0.15) is 26.3 Å². The smallest absolute Gasteiger partial charge is 0.261 e. The number of para-hydroxylation sites is 1. The Bertz CT molecular complexity index is 834. The largest absolute Gasteiger partial charge is 0.496 e. The maximum atomic E-state index is 12.3. The van der Waals surface area contributed by atoms with Crippen LogP contribution in [-0.4, -0.2) is 47.8 Å². The number of fused-ring (bicyclic) bond motifs is 1. The molecular weight excluding hydrogens is 364 g/mol. The van der Waals surface area contributed by atoms with Gasteiger partial charge in [-0.25, -0.2) is 0 Å². The third-order valence-electron chi connectivity index (χ3n) is 4.24. The summed E-state index contributed by atoms with van der Waals surface area (Å²) < 4.78 is 5.25. The van der Waals surface area contributed by atoms with Crippen LogP contribution < -0.4 is 10.1 Å². The molecule has 0 atom stereocenters. The normalized spacial score (nSPS) is 12.9. The molecule has 0 bridgehead atoms. The number of hydrogen-bond donors (Lipinski definition) is 1. The van der Waals surface area contributed by atoms with E-state index < -0.39 is 0 Å². The molecule has 2 aromatic rings. The minimum atomic E-state index is -0.267. The molecule has 6 nitrogen and oxygen atoms in total. The van der Waals surface area contributed by atoms with E-state index >= 15 is 0 Å². The molecule has 1 aliphatic rings. The van der Waals surface area contributed by atoms with Gasteiger partial charge >= 0.3 is 0 Å². The van der Waals surface area contributed by atoms with E-state index in [-0.39, 0.29) is 30.0 Å². The van der Waals surface area contributed by atoms with E-state index in [9.17, 15) is 14.4 Å². The van der Waals surface area contributed by atoms with E-state index in [1.807, 2.05) is 24.3 Å². The van der Waals surface area contributed by atoms with Crippen molar-refractivity contribution < 1.29 is 19.1 Å². The lowest BCUT2D eigenvalue weighted by molar-refractivity contribution is -0.118. The molecule has 1 aliphatic heterocycles. The molecule has 2 aromatic carbocycles. The van der Waals surface area contributed by atoms with Crippen molar-refractivity contribution in [2.24, 2.45) is 0 Å². The Morgan fingerprint density at radius 3 is 2.33 bits per heavy atom. The van der Waals surface area contributed by atoms with Crippen LogP contribution in [0.4, 0.5) is 0 Å². The second-order valence-corrected chi connectivity index (χ2v) is 7.05. The summed E-state index contributed by atoms with van der Waals surface area (Å²) in [5.41, 5.74) is 1.80. The summed E-state index contributed by atoms with van der Waals surface area (Å²) in [6.45, 7) is 0.679. The lowest BCUT2D eigenvalue weighted by atomic mass is 10.1. The summed E-state index contributed by atoms with van der Waals surface area (Å²) in [5.74, 6) is 0.865. The van der Waals surface area contributed by atoms with Gasteiger partial charge in [-0.15, -0.1) is 0 Å². The molecule has 3 rings (SSSR count). The van der Waals surface area contributed by atoms with E-state index in [0.717, 1.165) is 11.3 Å². The highest BCUT2D eigenvalue weighted by atomic mass is 32.2. The molecule has 1 N–H and O–H groups in total. The summed E-state index contributed by atoms with van der Waals surface area (Å²) >= 11 is 1.39. The average Bonchev–Trinajstić information content (AvgIpc) is 2.94. The number of thioether (sulfide) groups is 1. The van der Waals surface area contributed by atoms with E-state index in [0.29, 0.717) is 23.4 Å². The molecule has 0 fully saturated rings. The number of rotatable bonds is 8. The fourth-order valence-electron chi connectivity index (χ4n) is 2.86. The van der Waals surface area contributed by atoms with Gasteiger partial charge in [-0.3, -0.25) is 19.3 Å². The van der Waals surface area contributed by atoms with Gasteiger partial charge in [-0.1, -0.05) is 30.3 Å². The number of amides is 3. The van der Waals surface area contributed by atoms with Crippen molar-refractivity contribution in [1.82, 2.24) is 10.2 Å². The minimum absolute atomic E-state index is 0.103. The van der Waals surface area contributed by atoms with Crippen LogP contribution >= 0.6 is 11.8 Å². The van der Waals surface area contributed by atoms with Crippen LogP contribution in [0.2, 0.25) is 0 Å². The molecule has 3 amide bonds. The van der Waals surface area contributed by atoms with Gasteiger partial charge in [-0.05, 0) is 18.2 Å². The Kier molecular flexibility index (Phi) is 6.13. The third kappa shape index (κ3) is 4.31. The van der Waals surface area contributed by atoms with Crippen LogP contribution in [0.5, 0.6) is 5.75 Å². The second kappa shape index (κ2) is 8.73. The van der Waals surface area contributed by atoms with E-state index in [4.69, 9.17) is 4.74 Å². The maximum Gasteiger partial charge on any atom is 0.261 e. The quantitative estimate of drug-likeness (QED) is 0.559. The Morgan fingerprint density at radius 1 is 1.04 bits per heavy atom. The number of methoxy groups -OCH3 is 1. The molecule has 140 valence electrons. The summed E-state index contributed by atoms with van der Waals surface area (Å²) in [6.07, 6.45) is 0. The molecule has 7 heteroatoms. The Morgan fingerprint density at radius 2 is 1.67 bits per heavy atom. The van der Waals surface area contributed by atoms with Gasteiger partial charge in [0.2, 0.25) is 5.91 Å². The minimum Gasteiger partial charge on any atom is -0.496 e. The molecule has 0 aliphatic carbocycles. The topological polar surface area (TPSA) is 75.7 Å². The number of benzene rings is 2. The first-order valence-corrected chi connectivity index (χ1v) is 9.69. The van der Waals surface area contributed by atoms with Gasteiger partial charge in [0.05, 0.1) is 24.0 Å². The predicted molar refractivity (Wildman–Crippen MR) is 104 cm³/mol. The van der Waals surface area contributed by atoms with Crippen LogP contribution in [0.3, 0.4) is 0 Å². The number of hydrogen-bond acceptors (Lipinski definition) is 5. The van der Waals surface area contributed by atoms with Crippen molar-refractivity contribution >= 4 is 29.5 Å². The van der Waals surface area contributed by atoms with Crippen LogP contribution in [0, 0.1) is 0 Å². The van der Waals surface area contributed by atoms with Crippen LogP contribution in [-0.2, 0) is 11.3 Å². The van der Waals surface area contributed by atoms with Crippen molar-refractivity contribution in [3.05, 3.63) is 65.2 Å². The number of carbonyl (C=O) groups excluding carboxylic acids is 3. The first-order chi connectivity index (χ1) is 13.1. The van der Waals surface area contributed by atoms with Gasteiger partial charge in [0.25, 0.3) is 11.8 Å². The first kappa shape index (κ1) is 19.0. The number of carbonyl (C=O) groups is 3. The molecule has 0 spiro atoms. The number of nitrogens with zero attached hydrogens (tertiary/aromatic N) is 1. The molecule has 0 radical (unpaired) electrons. The highest BCUT2D eigenvalue weighted by molar-refractivity contribution is 7.99. The van der Waals surface area contributed by atoms with E-state index in [2.05, 4.69) is 5.32 Å². The second-order valence-electron chi connectivity index (χ2n) is 5.95. The van der Waals surface area contributed by atoms with Gasteiger partial charge in [0, 0.05) is 24.4 Å². The summed E-state index contributed by atoms with van der Waals surface area (Å²) in [7, 11) is 1.59. The number of imide groups is 1. The number of nitrogens with one attached hydrogen (secondary N) is 1. The molecule has 0 saturated heterocycles. The van der Waals surface area contributed by atoms with Crippen molar-refractivity contribution in [3.8, 4) is 5.75 Å². The van der Waals surface area contributed by atoms with Crippen molar-refractivity contribution in [2.75, 3.05) is 25.2 Å². The van der Waals surface area contributed by atoms with E-state index in [1.165, 1.54) is 16.7 Å². The van der Waals surface area contributed by atoms with Crippen molar-refractivity contribution in [3.63, 3.8) is 0 Å². The SMILES string of the molecule is COc1ccccc1CNC(=O)CSCCN1C(=O)c2ccccc2C1=O. The Labute approximate surface area is 161 Å². The standard InChI is InChI=1S/C20H20N2O4S/c1-26-17-9-5-2-6-14(17)12-21-18(23)13-27-11-10-22-19(24)15-7-3-4-8-16(15)20(22)25/h2-9H,10-13H2,1H3,(H,21,23). The zero-order chi connectivity index (χ0) is 19.2. The monoisotopic (exact) mass is 384 g/mol. The van der Waals surface area contributed by atoms with Gasteiger partial charge in [-0.2, -0.15) is 11.8 Å². The van der Waals surface area contributed by atoms with E-state index in [1.54, 1.807) is 31.4 Å². The molecule has 0 saturated carbocycles. The van der Waals surface area contributed by atoms with Crippen molar-refractivity contribution in [1.29, 1.82) is 0 Å². The lowest BCUT2D eigenvalue weighted by Crippen LogP contribution is -2.32. The third-order valence-corrected chi connectivity index (χ3v) is 5.18. The lowest BCUT2D eigenvalue weighted by Gasteiger charge is -2.13. The molecule has 0 unspecified atom stereocenters. The average molecular weight is 384 g/mol.